The summed E-state index contributed by atoms with van der Waals surface area (Å²) >= 11 is 8.33. The topological polar surface area (TPSA) is 36.0 Å². The maximum absolute atomic E-state index is 8.33. The van der Waals surface area contributed by atoms with Crippen molar-refractivity contribution in [3.63, 3.8) is 0 Å². The van der Waals surface area contributed by atoms with Gasteiger partial charge in [0.15, 0.2) is 0 Å². The molecule has 9 aromatic carbocycles. The molecule has 0 atom stereocenters. The highest BCUT2D eigenvalue weighted by Gasteiger charge is 2.29. The zero-order valence-electron chi connectivity index (χ0n) is 48.3. The maximum Gasteiger partial charge on any atom is 0.135 e. The summed E-state index contributed by atoms with van der Waals surface area (Å²) in [4.78, 5) is 6.98. The van der Waals surface area contributed by atoms with Crippen LogP contribution in [0.4, 0.5) is 51.2 Å². The number of nitrogens with zero attached hydrogens (tertiary/aromatic N) is 3. The molecule has 0 unspecified atom stereocenters. The van der Waals surface area contributed by atoms with Gasteiger partial charge < -0.3 is 23.5 Å². The third-order valence-electron chi connectivity index (χ3n) is 15.4. The summed E-state index contributed by atoms with van der Waals surface area (Å²) in [7, 11) is 0. The van der Waals surface area contributed by atoms with E-state index in [0.29, 0.717) is 5.02 Å². The lowest BCUT2D eigenvalue weighted by Gasteiger charge is -2.35. The van der Waals surface area contributed by atoms with Crippen molar-refractivity contribution in [2.45, 2.75) is 105 Å². The lowest BCUT2D eigenvalue weighted by molar-refractivity contribution is 0.590. The number of furan rings is 2. The van der Waals surface area contributed by atoms with Crippen molar-refractivity contribution in [2.24, 2.45) is 0 Å². The average molecular weight is 1070 g/mol. The fourth-order valence-electron chi connectivity index (χ4n) is 10.6. The maximum atomic E-state index is 8.33. The Bertz CT molecular complexity index is 3650. The number of halogens is 1. The third kappa shape index (κ3) is 10.9. The number of anilines is 9. The summed E-state index contributed by atoms with van der Waals surface area (Å²) in [5, 5.41) is 2.69. The van der Waals surface area contributed by atoms with Crippen LogP contribution < -0.4 is 14.7 Å². The van der Waals surface area contributed by atoms with E-state index in [1.165, 1.54) is 22.3 Å². The minimum absolute atomic E-state index is 0.0374. The van der Waals surface area contributed by atoms with Gasteiger partial charge in [-0.3, -0.25) is 0 Å². The summed E-state index contributed by atoms with van der Waals surface area (Å²) in [5.41, 5.74) is 16.9. The van der Waals surface area contributed by atoms with E-state index in [1.807, 2.05) is 36.4 Å². The number of hydrogen-bond donors (Lipinski definition) is 0. The van der Waals surface area contributed by atoms with Crippen molar-refractivity contribution in [3.8, 4) is 22.6 Å². The number of benzene rings is 9. The lowest BCUT2D eigenvalue weighted by Crippen LogP contribution is -2.18. The van der Waals surface area contributed by atoms with E-state index in [4.69, 9.17) is 20.4 Å². The Kier molecular flexibility index (Phi) is 13.9. The van der Waals surface area contributed by atoms with Gasteiger partial charge in [-0.1, -0.05) is 180 Å². The molecule has 11 rings (SSSR count). The molecular formula is C74H72ClN3O2. The SMILES string of the molecule is CC(C)(C)c1ccc(N(c2ccc(C(C)(C)C)cc2)c2cc(N(c3ccc(-c4cc5ccccc5o4)cc3)c3ccc(-c4cc5ccccc5o4)cc3)c(Cl)c(N(c3ccc(C(C)(C)C)cc3)c3ccc(C(C)(C)C)cc3)c2)cc1. The van der Waals surface area contributed by atoms with Crippen LogP contribution in [0.25, 0.3) is 44.6 Å². The third-order valence-corrected chi connectivity index (χ3v) is 15.8. The summed E-state index contributed by atoms with van der Waals surface area (Å²) in [6, 6.07) is 78.3. The molecule has 0 fully saturated rings. The molecule has 5 nitrogen and oxygen atoms in total. The van der Waals surface area contributed by atoms with Gasteiger partial charge in [0.25, 0.3) is 0 Å². The zero-order chi connectivity index (χ0) is 56.3. The van der Waals surface area contributed by atoms with Crippen LogP contribution in [0.3, 0.4) is 0 Å². The van der Waals surface area contributed by atoms with E-state index in [-0.39, 0.29) is 21.7 Å². The number of fused-ring (bicyclic) bond motifs is 2. The van der Waals surface area contributed by atoms with Gasteiger partial charge in [0.05, 0.1) is 22.1 Å². The number of para-hydroxylation sites is 2. The molecule has 0 aliphatic rings. The van der Waals surface area contributed by atoms with Crippen molar-refractivity contribution in [3.05, 3.63) is 246 Å². The molecule has 0 amide bonds. The van der Waals surface area contributed by atoms with Gasteiger partial charge in [-0.2, -0.15) is 0 Å². The number of rotatable bonds is 11. The second kappa shape index (κ2) is 20.8. The van der Waals surface area contributed by atoms with Crippen molar-refractivity contribution in [1.29, 1.82) is 0 Å². The monoisotopic (exact) mass is 1070 g/mol. The van der Waals surface area contributed by atoms with E-state index < -0.39 is 0 Å². The number of hydrogen-bond acceptors (Lipinski definition) is 5. The molecule has 2 aromatic heterocycles. The zero-order valence-corrected chi connectivity index (χ0v) is 49.1. The highest BCUT2D eigenvalue weighted by atomic mass is 35.5. The molecule has 2 heterocycles. The second-order valence-electron chi connectivity index (χ2n) is 25.4. The van der Waals surface area contributed by atoms with Gasteiger partial charge in [-0.25, -0.2) is 0 Å². The minimum atomic E-state index is -0.0472. The van der Waals surface area contributed by atoms with Gasteiger partial charge in [-0.05, 0) is 177 Å². The Balaban J connectivity index is 1.18. The largest absolute Gasteiger partial charge is 0.456 e. The van der Waals surface area contributed by atoms with E-state index in [2.05, 4.69) is 280 Å². The van der Waals surface area contributed by atoms with Crippen LogP contribution >= 0.6 is 11.6 Å². The van der Waals surface area contributed by atoms with Crippen molar-refractivity contribution in [1.82, 2.24) is 0 Å². The van der Waals surface area contributed by atoms with Gasteiger partial charge in [0, 0.05) is 56.0 Å². The quantitative estimate of drug-likeness (QED) is 0.129. The van der Waals surface area contributed by atoms with Gasteiger partial charge >= 0.3 is 0 Å². The molecular weight excluding hydrogens is 998 g/mol. The van der Waals surface area contributed by atoms with Gasteiger partial charge in [-0.15, -0.1) is 0 Å². The molecule has 402 valence electrons. The summed E-state index contributed by atoms with van der Waals surface area (Å²) in [5.74, 6) is 1.61. The van der Waals surface area contributed by atoms with Crippen LogP contribution in [0, 0.1) is 0 Å². The highest BCUT2D eigenvalue weighted by Crippen LogP contribution is 2.52. The Labute approximate surface area is 478 Å². The molecule has 0 aliphatic carbocycles. The Morgan fingerprint density at radius 3 is 0.825 bits per heavy atom. The van der Waals surface area contributed by atoms with Crippen LogP contribution in [0.15, 0.2) is 227 Å². The van der Waals surface area contributed by atoms with Gasteiger partial charge in [0.2, 0.25) is 0 Å². The van der Waals surface area contributed by atoms with E-state index in [0.717, 1.165) is 95.8 Å². The predicted molar refractivity (Wildman–Crippen MR) is 341 cm³/mol. The van der Waals surface area contributed by atoms with Crippen molar-refractivity contribution >= 4 is 84.7 Å². The lowest BCUT2D eigenvalue weighted by atomic mass is 9.86. The molecule has 0 radical (unpaired) electrons. The van der Waals surface area contributed by atoms with E-state index >= 15 is 0 Å². The first-order valence-corrected chi connectivity index (χ1v) is 28.3. The van der Waals surface area contributed by atoms with Crippen LogP contribution in [-0.2, 0) is 21.7 Å². The first-order valence-electron chi connectivity index (χ1n) is 27.9. The minimum Gasteiger partial charge on any atom is -0.456 e. The van der Waals surface area contributed by atoms with Crippen molar-refractivity contribution in [2.75, 3.05) is 14.7 Å². The first kappa shape index (κ1) is 53.7. The van der Waals surface area contributed by atoms with Crippen molar-refractivity contribution < 1.29 is 8.83 Å². The standard InChI is InChI=1S/C74H72ClN3O2/c1-71(2,3)53-25-37-57(38-26-53)76(58-39-27-54(28-40-58)72(4,5)6)63-47-64(70(75)65(48-63)78(61-41-29-55(30-42-61)73(7,8)9)62-43-31-56(32-44-62)74(10,11)12)77(59-33-21-49(22-34-59)68-45-51-17-13-15-19-66(51)79-68)60-35-23-50(24-36-60)69-46-52-18-14-16-20-67(52)80-69/h13-48H,1-12H3. The molecule has 0 saturated carbocycles. The predicted octanol–water partition coefficient (Wildman–Crippen LogP) is 22.8. The molecule has 0 bridgehead atoms. The van der Waals surface area contributed by atoms with Crippen LogP contribution in [0.5, 0.6) is 0 Å². The second-order valence-corrected chi connectivity index (χ2v) is 25.8. The fraction of sp³-hybridized carbons (Fsp3) is 0.216. The van der Waals surface area contributed by atoms with Crippen LogP contribution in [0.2, 0.25) is 5.02 Å². The smallest absolute Gasteiger partial charge is 0.135 e. The van der Waals surface area contributed by atoms with E-state index in [1.54, 1.807) is 0 Å². The summed E-state index contributed by atoms with van der Waals surface area (Å²) in [6.07, 6.45) is 0. The molecule has 0 N–H and O–H groups in total. The van der Waals surface area contributed by atoms with Crippen LogP contribution in [0.1, 0.15) is 105 Å². The molecule has 11 aromatic rings. The normalized spacial score (nSPS) is 12.3. The summed E-state index contributed by atoms with van der Waals surface area (Å²) < 4.78 is 12.8. The Morgan fingerprint density at radius 2 is 0.550 bits per heavy atom. The summed E-state index contributed by atoms with van der Waals surface area (Å²) in [6.45, 7) is 27.1. The van der Waals surface area contributed by atoms with Gasteiger partial charge in [0.1, 0.15) is 22.7 Å². The average Bonchev–Trinajstić information content (AvgIpc) is 4.18. The first-order chi connectivity index (χ1) is 38.1. The molecule has 6 heteroatoms. The Hall–Kier alpha value is -8.25. The molecule has 0 spiro atoms. The van der Waals surface area contributed by atoms with E-state index in [9.17, 15) is 0 Å². The molecule has 80 heavy (non-hydrogen) atoms. The molecule has 0 saturated heterocycles. The Morgan fingerprint density at radius 1 is 0.287 bits per heavy atom. The highest BCUT2D eigenvalue weighted by molar-refractivity contribution is 6.37. The van der Waals surface area contributed by atoms with Crippen LogP contribution in [-0.4, -0.2) is 0 Å². The fourth-order valence-corrected chi connectivity index (χ4v) is 10.9. The molecule has 0 aliphatic heterocycles.